The fraction of sp³-hybridized carbons (Fsp3) is 0.316. The van der Waals surface area contributed by atoms with Crippen molar-refractivity contribution in [2.45, 2.75) is 26.4 Å². The van der Waals surface area contributed by atoms with Gasteiger partial charge < -0.3 is 15.8 Å². The van der Waals surface area contributed by atoms with Crippen LogP contribution in [-0.2, 0) is 4.74 Å². The fourth-order valence-corrected chi connectivity index (χ4v) is 2.17. The van der Waals surface area contributed by atoms with E-state index in [0.717, 1.165) is 12.1 Å². The molecule has 0 saturated carbocycles. The first kappa shape index (κ1) is 20.4. The predicted molar refractivity (Wildman–Crippen MR) is 112 cm³/mol. The first-order valence-electron chi connectivity index (χ1n) is 7.95. The second-order valence-corrected chi connectivity index (χ2v) is 5.54. The van der Waals surface area contributed by atoms with Gasteiger partial charge in [0.15, 0.2) is 5.96 Å². The number of halogens is 1. The molecule has 0 aliphatic rings. The molecule has 0 aliphatic carbocycles. The Morgan fingerprint density at radius 2 is 1.79 bits per heavy atom. The maximum absolute atomic E-state index is 5.87. The molecule has 0 aromatic heterocycles. The molecular weight excluding hydrogens is 413 g/mol. The molecule has 0 aliphatic heterocycles. The van der Waals surface area contributed by atoms with Gasteiger partial charge in [0.05, 0.1) is 6.10 Å². The Hall–Kier alpha value is -1.60. The number of anilines is 1. The second kappa shape index (κ2) is 11.0. The summed E-state index contributed by atoms with van der Waals surface area (Å²) < 4.78 is 5.81. The molecule has 2 aromatic carbocycles. The molecule has 130 valence electrons. The van der Waals surface area contributed by atoms with Crippen molar-refractivity contribution in [3.8, 4) is 0 Å². The Morgan fingerprint density at radius 3 is 2.46 bits per heavy atom. The van der Waals surface area contributed by atoms with Gasteiger partial charge in [-0.3, -0.25) is 4.99 Å². The van der Waals surface area contributed by atoms with Crippen molar-refractivity contribution < 1.29 is 4.74 Å². The number of hydrogen-bond acceptors (Lipinski definition) is 2. The highest BCUT2D eigenvalue weighted by Crippen LogP contribution is 2.15. The summed E-state index contributed by atoms with van der Waals surface area (Å²) in [6.45, 7) is 5.42. The van der Waals surface area contributed by atoms with Crippen molar-refractivity contribution in [1.82, 2.24) is 0 Å². The molecule has 0 radical (unpaired) electrons. The lowest BCUT2D eigenvalue weighted by Crippen LogP contribution is -2.23. The van der Waals surface area contributed by atoms with Gasteiger partial charge in [-0.25, -0.2) is 0 Å². The van der Waals surface area contributed by atoms with Crippen LogP contribution in [0.25, 0.3) is 0 Å². The minimum absolute atomic E-state index is 0. The van der Waals surface area contributed by atoms with Crippen LogP contribution in [0.1, 0.15) is 30.6 Å². The molecule has 0 fully saturated rings. The number of nitrogens with one attached hydrogen (secondary N) is 1. The molecule has 3 N–H and O–H groups in total. The molecule has 1 unspecified atom stereocenters. The summed E-state index contributed by atoms with van der Waals surface area (Å²) >= 11 is 0. The van der Waals surface area contributed by atoms with Gasteiger partial charge in [0, 0.05) is 18.8 Å². The van der Waals surface area contributed by atoms with Gasteiger partial charge in [-0.2, -0.15) is 0 Å². The van der Waals surface area contributed by atoms with Gasteiger partial charge in [0.25, 0.3) is 0 Å². The van der Waals surface area contributed by atoms with Crippen molar-refractivity contribution in [3.05, 3.63) is 65.7 Å². The number of guanidine groups is 1. The summed E-state index contributed by atoms with van der Waals surface area (Å²) in [7, 11) is 0. The molecule has 1 atom stereocenters. The van der Waals surface area contributed by atoms with Gasteiger partial charge in [0.1, 0.15) is 0 Å². The number of aliphatic imine (C=N–C) groups is 1. The highest BCUT2D eigenvalue weighted by molar-refractivity contribution is 14.0. The molecule has 0 amide bonds. The Labute approximate surface area is 161 Å². The van der Waals surface area contributed by atoms with E-state index in [0.29, 0.717) is 19.1 Å². The summed E-state index contributed by atoms with van der Waals surface area (Å²) in [4.78, 5) is 4.31. The van der Waals surface area contributed by atoms with E-state index in [4.69, 9.17) is 10.5 Å². The number of aryl methyl sites for hydroxylation is 1. The second-order valence-electron chi connectivity index (χ2n) is 5.54. The van der Waals surface area contributed by atoms with E-state index in [1.807, 2.05) is 42.5 Å². The molecule has 4 nitrogen and oxygen atoms in total. The topological polar surface area (TPSA) is 59.6 Å². The Balaban J connectivity index is 0.00000288. The Morgan fingerprint density at radius 1 is 1.12 bits per heavy atom. The lowest BCUT2D eigenvalue weighted by Gasteiger charge is -2.12. The molecule has 0 spiro atoms. The van der Waals surface area contributed by atoms with Crippen LogP contribution in [0.4, 0.5) is 5.69 Å². The molecule has 0 heterocycles. The monoisotopic (exact) mass is 439 g/mol. The summed E-state index contributed by atoms with van der Waals surface area (Å²) in [5.74, 6) is 0.435. The van der Waals surface area contributed by atoms with Crippen LogP contribution in [0, 0.1) is 6.92 Å². The lowest BCUT2D eigenvalue weighted by molar-refractivity contribution is 0.0652. The Bertz CT molecular complexity index is 614. The highest BCUT2D eigenvalue weighted by Gasteiger charge is 2.03. The standard InChI is InChI=1S/C19H25N3O.HI/c1-15-9-11-18(12-10-15)22-19(20)21-13-6-14-23-16(2)17-7-4-3-5-8-17;/h3-5,7-12,16H,6,13-14H2,1-2H3,(H3,20,21,22);1H. The normalized spacial score (nSPS) is 12.3. The summed E-state index contributed by atoms with van der Waals surface area (Å²) in [5, 5.41) is 3.08. The predicted octanol–water partition coefficient (Wildman–Crippen LogP) is 4.51. The highest BCUT2D eigenvalue weighted by atomic mass is 127. The van der Waals surface area contributed by atoms with E-state index in [1.165, 1.54) is 11.1 Å². The molecular formula is C19H26IN3O. The summed E-state index contributed by atoms with van der Waals surface area (Å²) in [6, 6.07) is 18.3. The van der Waals surface area contributed by atoms with Crippen molar-refractivity contribution >= 4 is 35.6 Å². The van der Waals surface area contributed by atoms with Crippen LogP contribution in [0.15, 0.2) is 59.6 Å². The zero-order valence-corrected chi connectivity index (χ0v) is 16.6. The molecule has 0 bridgehead atoms. The average Bonchev–Trinajstić information content (AvgIpc) is 2.57. The van der Waals surface area contributed by atoms with E-state index in [9.17, 15) is 0 Å². The number of rotatable bonds is 7. The average molecular weight is 439 g/mol. The fourth-order valence-electron chi connectivity index (χ4n) is 2.17. The van der Waals surface area contributed by atoms with Crippen LogP contribution in [-0.4, -0.2) is 19.1 Å². The SMILES string of the molecule is Cc1ccc(NC(N)=NCCCOC(C)c2ccccc2)cc1.I. The summed E-state index contributed by atoms with van der Waals surface area (Å²) in [6.07, 6.45) is 0.941. The molecule has 24 heavy (non-hydrogen) atoms. The minimum atomic E-state index is 0. The zero-order chi connectivity index (χ0) is 16.5. The first-order valence-corrected chi connectivity index (χ1v) is 7.95. The molecule has 2 rings (SSSR count). The third-order valence-corrected chi connectivity index (χ3v) is 3.55. The molecule has 5 heteroatoms. The van der Waals surface area contributed by atoms with E-state index >= 15 is 0 Å². The smallest absolute Gasteiger partial charge is 0.193 e. The van der Waals surface area contributed by atoms with E-state index < -0.39 is 0 Å². The number of nitrogens with zero attached hydrogens (tertiary/aromatic N) is 1. The molecule has 2 aromatic rings. The van der Waals surface area contributed by atoms with Gasteiger partial charge in [0.2, 0.25) is 0 Å². The van der Waals surface area contributed by atoms with Gasteiger partial charge >= 0.3 is 0 Å². The van der Waals surface area contributed by atoms with E-state index in [-0.39, 0.29) is 30.1 Å². The quantitative estimate of drug-likeness (QED) is 0.289. The maximum Gasteiger partial charge on any atom is 0.193 e. The van der Waals surface area contributed by atoms with Gasteiger partial charge in [-0.1, -0.05) is 48.0 Å². The van der Waals surface area contributed by atoms with Crippen LogP contribution >= 0.6 is 24.0 Å². The first-order chi connectivity index (χ1) is 11.1. The van der Waals surface area contributed by atoms with Crippen molar-refractivity contribution in [2.75, 3.05) is 18.5 Å². The van der Waals surface area contributed by atoms with Crippen molar-refractivity contribution in [1.29, 1.82) is 0 Å². The summed E-state index contributed by atoms with van der Waals surface area (Å²) in [5.41, 5.74) is 9.23. The van der Waals surface area contributed by atoms with Crippen molar-refractivity contribution in [3.63, 3.8) is 0 Å². The molecule has 0 saturated heterocycles. The number of ether oxygens (including phenoxy) is 1. The van der Waals surface area contributed by atoms with E-state index in [1.54, 1.807) is 0 Å². The number of benzene rings is 2. The van der Waals surface area contributed by atoms with E-state index in [2.05, 4.69) is 36.3 Å². The lowest BCUT2D eigenvalue weighted by atomic mass is 10.1. The van der Waals surface area contributed by atoms with Crippen LogP contribution < -0.4 is 11.1 Å². The van der Waals surface area contributed by atoms with Crippen LogP contribution in [0.2, 0.25) is 0 Å². The van der Waals surface area contributed by atoms with Crippen molar-refractivity contribution in [2.24, 2.45) is 10.7 Å². The maximum atomic E-state index is 5.87. The Kier molecular flexibility index (Phi) is 9.41. The van der Waals surface area contributed by atoms with Crippen LogP contribution in [0.3, 0.4) is 0 Å². The minimum Gasteiger partial charge on any atom is -0.374 e. The third-order valence-electron chi connectivity index (χ3n) is 3.55. The van der Waals surface area contributed by atoms with Gasteiger partial charge in [-0.15, -0.1) is 24.0 Å². The number of nitrogens with two attached hydrogens (primary N) is 1. The largest absolute Gasteiger partial charge is 0.374 e. The van der Waals surface area contributed by atoms with Crippen LogP contribution in [0.5, 0.6) is 0 Å². The number of hydrogen-bond donors (Lipinski definition) is 2. The third kappa shape index (κ3) is 7.31. The van der Waals surface area contributed by atoms with Gasteiger partial charge in [-0.05, 0) is 38.0 Å². The zero-order valence-electron chi connectivity index (χ0n) is 14.2.